The van der Waals surface area contributed by atoms with Crippen molar-refractivity contribution < 1.29 is 4.79 Å². The summed E-state index contributed by atoms with van der Waals surface area (Å²) in [7, 11) is 0. The maximum Gasteiger partial charge on any atom is 0.223 e. The van der Waals surface area contributed by atoms with Gasteiger partial charge >= 0.3 is 0 Å². The molecule has 2 fully saturated rings. The predicted molar refractivity (Wildman–Crippen MR) is 75.9 cm³/mol. The summed E-state index contributed by atoms with van der Waals surface area (Å²) in [6, 6.07) is 0. The van der Waals surface area contributed by atoms with Crippen LogP contribution in [0.4, 0.5) is 0 Å². The van der Waals surface area contributed by atoms with Crippen LogP contribution in [0.2, 0.25) is 0 Å². The molecule has 0 bridgehead atoms. The molecule has 0 aromatic rings. The van der Waals surface area contributed by atoms with Crippen LogP contribution in [0.25, 0.3) is 0 Å². The number of hydrogen-bond donors (Lipinski definition) is 2. The molecule has 17 heavy (non-hydrogen) atoms. The zero-order valence-electron chi connectivity index (χ0n) is 10.2. The van der Waals surface area contributed by atoms with Crippen molar-refractivity contribution in [1.29, 1.82) is 0 Å². The van der Waals surface area contributed by atoms with Gasteiger partial charge in [0.05, 0.1) is 0 Å². The molecular formula is C12H23ClN2OS. The quantitative estimate of drug-likeness (QED) is 0.825. The van der Waals surface area contributed by atoms with Crippen LogP contribution >= 0.6 is 24.2 Å². The van der Waals surface area contributed by atoms with E-state index in [1.165, 1.54) is 24.3 Å². The standard InChI is InChI=1S/C12H22N2OS.ClH/c15-12(11-1-5-13-6-2-11)14-9-10-3-7-16-8-4-10;/h10-11,13H,1-9H2,(H,14,15);1H. The molecule has 0 spiro atoms. The van der Waals surface area contributed by atoms with Gasteiger partial charge in [0.15, 0.2) is 0 Å². The van der Waals surface area contributed by atoms with Crippen molar-refractivity contribution >= 4 is 30.1 Å². The van der Waals surface area contributed by atoms with E-state index in [9.17, 15) is 4.79 Å². The minimum Gasteiger partial charge on any atom is -0.356 e. The minimum atomic E-state index is 0. The molecule has 2 aliphatic rings. The van der Waals surface area contributed by atoms with Gasteiger partial charge in [-0.3, -0.25) is 4.79 Å². The van der Waals surface area contributed by atoms with Crippen molar-refractivity contribution in [3.8, 4) is 0 Å². The van der Waals surface area contributed by atoms with Crippen molar-refractivity contribution in [3.63, 3.8) is 0 Å². The second kappa shape index (κ2) is 8.22. The highest BCUT2D eigenvalue weighted by molar-refractivity contribution is 7.99. The lowest BCUT2D eigenvalue weighted by Gasteiger charge is -2.25. The van der Waals surface area contributed by atoms with E-state index in [2.05, 4.69) is 10.6 Å². The first-order valence-corrected chi connectivity index (χ1v) is 7.58. The van der Waals surface area contributed by atoms with Gasteiger partial charge < -0.3 is 10.6 Å². The van der Waals surface area contributed by atoms with Crippen LogP contribution in [0, 0.1) is 11.8 Å². The normalized spacial score (nSPS) is 22.8. The molecule has 0 radical (unpaired) electrons. The number of hydrogen-bond acceptors (Lipinski definition) is 3. The molecule has 0 atom stereocenters. The molecule has 0 aromatic carbocycles. The number of halogens is 1. The Morgan fingerprint density at radius 2 is 1.82 bits per heavy atom. The van der Waals surface area contributed by atoms with Gasteiger partial charge in [-0.05, 0) is 56.2 Å². The summed E-state index contributed by atoms with van der Waals surface area (Å²) in [6.07, 6.45) is 4.56. The maximum absolute atomic E-state index is 11.9. The van der Waals surface area contributed by atoms with E-state index in [4.69, 9.17) is 0 Å². The molecule has 2 heterocycles. The second-order valence-electron chi connectivity index (χ2n) is 4.83. The van der Waals surface area contributed by atoms with Gasteiger partial charge in [0.1, 0.15) is 0 Å². The lowest BCUT2D eigenvalue weighted by Crippen LogP contribution is -2.40. The van der Waals surface area contributed by atoms with Crippen LogP contribution in [-0.2, 0) is 4.79 Å². The topological polar surface area (TPSA) is 41.1 Å². The molecule has 5 heteroatoms. The molecule has 2 saturated heterocycles. The molecule has 100 valence electrons. The van der Waals surface area contributed by atoms with Crippen LogP contribution in [0.5, 0.6) is 0 Å². The molecule has 2 aliphatic heterocycles. The van der Waals surface area contributed by atoms with Gasteiger partial charge in [0.25, 0.3) is 0 Å². The monoisotopic (exact) mass is 278 g/mol. The first kappa shape index (κ1) is 15.1. The van der Waals surface area contributed by atoms with Gasteiger partial charge in [0.2, 0.25) is 5.91 Å². The summed E-state index contributed by atoms with van der Waals surface area (Å²) in [5.74, 6) is 3.83. The molecule has 0 saturated carbocycles. The Labute approximate surface area is 114 Å². The zero-order chi connectivity index (χ0) is 11.2. The lowest BCUT2D eigenvalue weighted by atomic mass is 9.96. The maximum atomic E-state index is 11.9. The smallest absolute Gasteiger partial charge is 0.223 e. The van der Waals surface area contributed by atoms with E-state index in [0.717, 1.165) is 38.4 Å². The third kappa shape index (κ3) is 5.06. The summed E-state index contributed by atoms with van der Waals surface area (Å²) in [5.41, 5.74) is 0. The van der Waals surface area contributed by atoms with Crippen LogP contribution in [0.3, 0.4) is 0 Å². The number of piperidine rings is 1. The fourth-order valence-electron chi connectivity index (χ4n) is 2.42. The van der Waals surface area contributed by atoms with E-state index in [-0.39, 0.29) is 18.3 Å². The second-order valence-corrected chi connectivity index (χ2v) is 6.05. The summed E-state index contributed by atoms with van der Waals surface area (Å²) < 4.78 is 0. The van der Waals surface area contributed by atoms with Crippen molar-refractivity contribution in [1.82, 2.24) is 10.6 Å². The van der Waals surface area contributed by atoms with Crippen LogP contribution < -0.4 is 10.6 Å². The first-order valence-electron chi connectivity index (χ1n) is 6.42. The Kier molecular flexibility index (Phi) is 7.32. The van der Waals surface area contributed by atoms with Crippen LogP contribution in [0.15, 0.2) is 0 Å². The highest BCUT2D eigenvalue weighted by atomic mass is 35.5. The Hall–Kier alpha value is 0.0700. The highest BCUT2D eigenvalue weighted by Gasteiger charge is 2.22. The van der Waals surface area contributed by atoms with E-state index in [1.54, 1.807) is 0 Å². The average Bonchev–Trinajstić information content (AvgIpc) is 2.38. The van der Waals surface area contributed by atoms with Gasteiger partial charge in [0, 0.05) is 12.5 Å². The lowest BCUT2D eigenvalue weighted by molar-refractivity contribution is -0.125. The Morgan fingerprint density at radius 3 is 2.47 bits per heavy atom. The SMILES string of the molecule is Cl.O=C(NCC1CCSCC1)C1CCNCC1. The van der Waals surface area contributed by atoms with Gasteiger partial charge in [-0.1, -0.05) is 0 Å². The predicted octanol–water partition coefficient (Wildman–Crippen LogP) is 1.67. The first-order chi connectivity index (χ1) is 7.86. The van der Waals surface area contributed by atoms with Crippen LogP contribution in [0.1, 0.15) is 25.7 Å². The number of thioether (sulfide) groups is 1. The van der Waals surface area contributed by atoms with Crippen molar-refractivity contribution in [2.75, 3.05) is 31.1 Å². The molecule has 1 amide bonds. The molecule has 3 nitrogen and oxygen atoms in total. The number of rotatable bonds is 3. The highest BCUT2D eigenvalue weighted by Crippen LogP contribution is 2.22. The summed E-state index contributed by atoms with van der Waals surface area (Å²) in [5, 5.41) is 6.44. The van der Waals surface area contributed by atoms with E-state index < -0.39 is 0 Å². The molecular weight excluding hydrogens is 256 g/mol. The summed E-state index contributed by atoms with van der Waals surface area (Å²) >= 11 is 2.04. The van der Waals surface area contributed by atoms with Crippen molar-refractivity contribution in [3.05, 3.63) is 0 Å². The fraction of sp³-hybridized carbons (Fsp3) is 0.917. The number of nitrogens with one attached hydrogen (secondary N) is 2. The van der Waals surface area contributed by atoms with Crippen molar-refractivity contribution in [2.45, 2.75) is 25.7 Å². The third-order valence-electron chi connectivity index (χ3n) is 3.62. The summed E-state index contributed by atoms with van der Waals surface area (Å²) in [4.78, 5) is 11.9. The number of carbonyl (C=O) groups excluding carboxylic acids is 1. The van der Waals surface area contributed by atoms with E-state index >= 15 is 0 Å². The third-order valence-corrected chi connectivity index (χ3v) is 4.66. The van der Waals surface area contributed by atoms with Crippen LogP contribution in [-0.4, -0.2) is 37.0 Å². The van der Waals surface area contributed by atoms with E-state index in [0.29, 0.717) is 5.91 Å². The number of carbonyl (C=O) groups is 1. The van der Waals surface area contributed by atoms with Crippen molar-refractivity contribution in [2.24, 2.45) is 11.8 Å². The van der Waals surface area contributed by atoms with Gasteiger partial charge in [-0.2, -0.15) is 11.8 Å². The number of amides is 1. The largest absolute Gasteiger partial charge is 0.356 e. The van der Waals surface area contributed by atoms with Gasteiger partial charge in [-0.15, -0.1) is 12.4 Å². The molecule has 2 N–H and O–H groups in total. The zero-order valence-corrected chi connectivity index (χ0v) is 11.9. The minimum absolute atomic E-state index is 0. The Bertz CT molecular complexity index is 229. The fourth-order valence-corrected chi connectivity index (χ4v) is 3.63. The molecule has 0 unspecified atom stereocenters. The molecule has 0 aliphatic carbocycles. The average molecular weight is 279 g/mol. The molecule has 2 rings (SSSR count). The Balaban J connectivity index is 0.00000144. The Morgan fingerprint density at radius 1 is 1.18 bits per heavy atom. The molecule has 0 aromatic heterocycles. The summed E-state index contributed by atoms with van der Waals surface area (Å²) in [6.45, 7) is 2.90. The van der Waals surface area contributed by atoms with Gasteiger partial charge in [-0.25, -0.2) is 0 Å². The van der Waals surface area contributed by atoms with E-state index in [1.807, 2.05) is 11.8 Å².